The minimum Gasteiger partial charge on any atom is -0.507 e. The molecule has 7 nitrogen and oxygen atoms in total. The van der Waals surface area contributed by atoms with E-state index in [9.17, 15) is 18.3 Å². The number of aliphatic hydroxyl groups excluding tert-OH is 1. The van der Waals surface area contributed by atoms with Crippen molar-refractivity contribution < 1.29 is 23.4 Å². The Morgan fingerprint density at radius 3 is 2.48 bits per heavy atom. The zero-order valence-electron chi connectivity index (χ0n) is 11.8. The van der Waals surface area contributed by atoms with Gasteiger partial charge in [0.25, 0.3) is 10.0 Å². The van der Waals surface area contributed by atoms with Gasteiger partial charge in [0, 0.05) is 12.6 Å². The van der Waals surface area contributed by atoms with Crippen LogP contribution in [0, 0.1) is 6.42 Å². The molecule has 0 amide bonds. The van der Waals surface area contributed by atoms with E-state index in [0.29, 0.717) is 11.4 Å². The van der Waals surface area contributed by atoms with Gasteiger partial charge in [-0.15, -0.1) is 0 Å². The summed E-state index contributed by atoms with van der Waals surface area (Å²) >= 11 is 0. The first-order valence-corrected chi connectivity index (χ1v) is 7.83. The predicted octanol–water partition coefficient (Wildman–Crippen LogP) is 1.85. The smallest absolute Gasteiger partial charge is 0.339 e. The lowest BCUT2D eigenvalue weighted by Gasteiger charge is -2.09. The molecular weight excluding hydrogens is 320 g/mol. The average molecular weight is 333 g/mol. The third-order valence-electron chi connectivity index (χ3n) is 2.85. The normalized spacial score (nSPS) is 16.4. The molecule has 1 aliphatic rings. The Hall–Kier alpha value is -2.87. The minimum absolute atomic E-state index is 0.0493. The van der Waals surface area contributed by atoms with Crippen molar-refractivity contribution in [3.63, 3.8) is 0 Å². The van der Waals surface area contributed by atoms with E-state index in [1.165, 1.54) is 42.8 Å². The number of allylic oxidation sites excluding steroid dienone is 2. The fourth-order valence-corrected chi connectivity index (χ4v) is 2.64. The Morgan fingerprint density at radius 2 is 1.91 bits per heavy atom. The van der Waals surface area contributed by atoms with E-state index in [4.69, 9.17) is 5.11 Å². The number of nitrogens with one attached hydrogen (secondary N) is 1. The van der Waals surface area contributed by atoms with Gasteiger partial charge in [0.2, 0.25) is 0 Å². The van der Waals surface area contributed by atoms with Crippen LogP contribution in [-0.4, -0.2) is 30.3 Å². The molecule has 3 N–H and O–H groups in total. The molecule has 0 aliphatic heterocycles. The Balaban J connectivity index is 2.28. The van der Waals surface area contributed by atoms with Gasteiger partial charge in [0.1, 0.15) is 11.3 Å². The van der Waals surface area contributed by atoms with Gasteiger partial charge in [0.05, 0.1) is 16.3 Å². The Labute approximate surface area is 133 Å². The number of carboxylic acids is 1. The molecular formula is C15H13N2O5S. The number of hydrogen-bond donors (Lipinski definition) is 3. The van der Waals surface area contributed by atoms with Crippen LogP contribution in [0.3, 0.4) is 0 Å². The molecule has 0 unspecified atom stereocenters. The first-order chi connectivity index (χ1) is 10.8. The molecule has 0 atom stereocenters. The fraction of sp³-hybridized carbons (Fsp3) is 0. The van der Waals surface area contributed by atoms with Gasteiger partial charge in [-0.2, -0.15) is 0 Å². The SMILES string of the molecule is C=CNS(=O)(=O)c1ccc(N=C2[CH]C=C(O)C(C(=O)O)=C2)cc1. The topological polar surface area (TPSA) is 116 Å². The summed E-state index contributed by atoms with van der Waals surface area (Å²) in [7, 11) is -3.64. The molecule has 0 fully saturated rings. The molecule has 1 aromatic rings. The maximum atomic E-state index is 11.8. The van der Waals surface area contributed by atoms with Crippen molar-refractivity contribution in [1.29, 1.82) is 0 Å². The summed E-state index contributed by atoms with van der Waals surface area (Å²) in [5.74, 6) is -1.62. The molecule has 1 aliphatic carbocycles. The third-order valence-corrected chi connectivity index (χ3v) is 4.22. The maximum absolute atomic E-state index is 11.8. The van der Waals surface area contributed by atoms with Crippen molar-refractivity contribution in [3.8, 4) is 0 Å². The quantitative estimate of drug-likeness (QED) is 0.760. The van der Waals surface area contributed by atoms with Gasteiger partial charge in [-0.05, 0) is 36.4 Å². The Bertz CT molecular complexity index is 833. The van der Waals surface area contributed by atoms with Crippen LogP contribution in [0.2, 0.25) is 0 Å². The van der Waals surface area contributed by atoms with Crippen LogP contribution in [0.15, 0.2) is 70.4 Å². The van der Waals surface area contributed by atoms with Crippen molar-refractivity contribution in [3.05, 3.63) is 66.9 Å². The summed E-state index contributed by atoms with van der Waals surface area (Å²) in [6, 6.07) is 5.68. The van der Waals surface area contributed by atoms with Crippen molar-refractivity contribution >= 4 is 27.4 Å². The maximum Gasteiger partial charge on any atom is 0.339 e. The lowest BCUT2D eigenvalue weighted by atomic mass is 10.0. The molecule has 1 aromatic carbocycles. The fourth-order valence-electron chi connectivity index (χ4n) is 1.79. The van der Waals surface area contributed by atoms with E-state index in [1.54, 1.807) is 0 Å². The second-order valence-electron chi connectivity index (χ2n) is 4.44. The van der Waals surface area contributed by atoms with Crippen LogP contribution in [0.25, 0.3) is 0 Å². The third kappa shape index (κ3) is 3.86. The van der Waals surface area contributed by atoms with Crippen LogP contribution in [0.5, 0.6) is 0 Å². The van der Waals surface area contributed by atoms with E-state index in [1.807, 2.05) is 0 Å². The molecule has 23 heavy (non-hydrogen) atoms. The number of aliphatic carboxylic acids is 1. The van der Waals surface area contributed by atoms with Gasteiger partial charge in [0.15, 0.2) is 0 Å². The zero-order valence-corrected chi connectivity index (χ0v) is 12.6. The lowest BCUT2D eigenvalue weighted by Crippen LogP contribution is -2.17. The van der Waals surface area contributed by atoms with Crippen LogP contribution in [0.1, 0.15) is 0 Å². The van der Waals surface area contributed by atoms with Crippen LogP contribution >= 0.6 is 0 Å². The number of hydrogen-bond acceptors (Lipinski definition) is 5. The molecule has 0 aromatic heterocycles. The first kappa shape index (κ1) is 16.5. The molecule has 0 spiro atoms. The summed E-state index contributed by atoms with van der Waals surface area (Å²) in [6.45, 7) is 3.30. The monoisotopic (exact) mass is 333 g/mol. The van der Waals surface area contributed by atoms with Crippen molar-refractivity contribution in [2.75, 3.05) is 0 Å². The zero-order chi connectivity index (χ0) is 17.0. The molecule has 0 heterocycles. The van der Waals surface area contributed by atoms with E-state index in [0.717, 1.165) is 6.20 Å². The highest BCUT2D eigenvalue weighted by Gasteiger charge is 2.18. The van der Waals surface area contributed by atoms with Crippen LogP contribution in [0.4, 0.5) is 5.69 Å². The number of carboxylic acid groups (broad SMARTS) is 1. The lowest BCUT2D eigenvalue weighted by molar-refractivity contribution is -0.132. The van der Waals surface area contributed by atoms with Crippen molar-refractivity contribution in [2.24, 2.45) is 4.99 Å². The van der Waals surface area contributed by atoms with Crippen molar-refractivity contribution in [1.82, 2.24) is 4.72 Å². The standard InChI is InChI=1S/C15H13N2O5S/c1-2-16-23(21,22)12-6-3-10(4-7-12)17-11-5-8-14(18)13(9-11)15(19)20/h2-9,16,18H,1H2,(H,19,20). The van der Waals surface area contributed by atoms with Gasteiger partial charge in [-0.3, -0.25) is 9.71 Å². The van der Waals surface area contributed by atoms with Gasteiger partial charge >= 0.3 is 5.97 Å². The summed E-state index contributed by atoms with van der Waals surface area (Å²) in [5.41, 5.74) is 0.491. The largest absolute Gasteiger partial charge is 0.507 e. The highest BCUT2D eigenvalue weighted by molar-refractivity contribution is 7.89. The number of nitrogens with zero attached hydrogens (tertiary/aromatic N) is 1. The highest BCUT2D eigenvalue weighted by atomic mass is 32.2. The molecule has 8 heteroatoms. The molecule has 1 radical (unpaired) electrons. The number of benzene rings is 1. The summed E-state index contributed by atoms with van der Waals surface area (Å²) in [4.78, 5) is 15.2. The van der Waals surface area contributed by atoms with E-state index in [-0.39, 0.29) is 16.2 Å². The Morgan fingerprint density at radius 1 is 1.26 bits per heavy atom. The number of carbonyl (C=O) groups is 1. The molecule has 0 bridgehead atoms. The second-order valence-corrected chi connectivity index (χ2v) is 6.15. The summed E-state index contributed by atoms with van der Waals surface area (Å²) in [6.07, 6.45) is 4.97. The first-order valence-electron chi connectivity index (χ1n) is 6.35. The van der Waals surface area contributed by atoms with Gasteiger partial charge in [-0.25, -0.2) is 13.2 Å². The average Bonchev–Trinajstić information content (AvgIpc) is 2.49. The van der Waals surface area contributed by atoms with Crippen LogP contribution < -0.4 is 4.72 Å². The summed E-state index contributed by atoms with van der Waals surface area (Å²) in [5, 5.41) is 18.4. The van der Waals surface area contributed by atoms with E-state index >= 15 is 0 Å². The molecule has 119 valence electrons. The molecule has 0 saturated carbocycles. The second kappa shape index (κ2) is 6.49. The van der Waals surface area contributed by atoms with E-state index in [2.05, 4.69) is 16.3 Å². The number of sulfonamides is 1. The van der Waals surface area contributed by atoms with Gasteiger partial charge < -0.3 is 10.2 Å². The van der Waals surface area contributed by atoms with E-state index < -0.39 is 16.0 Å². The molecule has 2 rings (SSSR count). The van der Waals surface area contributed by atoms with Crippen molar-refractivity contribution in [2.45, 2.75) is 4.90 Å². The molecule has 0 saturated heterocycles. The summed E-state index contributed by atoms with van der Waals surface area (Å²) < 4.78 is 25.7. The Kier molecular flexibility index (Phi) is 4.65. The van der Waals surface area contributed by atoms with Crippen LogP contribution in [-0.2, 0) is 14.8 Å². The minimum atomic E-state index is -3.64. The number of rotatable bonds is 5. The predicted molar refractivity (Wildman–Crippen MR) is 84.8 cm³/mol. The highest BCUT2D eigenvalue weighted by Crippen LogP contribution is 2.20. The number of aliphatic hydroxyl groups is 1. The number of aliphatic imine (C=N–C) groups is 1. The van der Waals surface area contributed by atoms with Gasteiger partial charge in [-0.1, -0.05) is 6.58 Å².